The summed E-state index contributed by atoms with van der Waals surface area (Å²) in [5.74, 6) is -0.370. The molecule has 0 unspecified atom stereocenters. The lowest BCUT2D eigenvalue weighted by atomic mass is 10.0. The minimum absolute atomic E-state index is 0.0187. The Kier molecular flexibility index (Phi) is 6.04. The van der Waals surface area contributed by atoms with Gasteiger partial charge in [0.15, 0.2) is 0 Å². The van der Waals surface area contributed by atoms with Crippen LogP contribution in [-0.2, 0) is 16.6 Å². The summed E-state index contributed by atoms with van der Waals surface area (Å²) < 4.78 is 44.5. The minimum Gasteiger partial charge on any atom is -0.467 e. The van der Waals surface area contributed by atoms with Crippen LogP contribution in [0, 0.1) is 5.82 Å². The summed E-state index contributed by atoms with van der Waals surface area (Å²) in [4.78, 5) is 17.2. The van der Waals surface area contributed by atoms with E-state index in [1.165, 1.54) is 12.1 Å². The maximum absolute atomic E-state index is 14.0. The van der Waals surface area contributed by atoms with Gasteiger partial charge in [0.2, 0.25) is 10.0 Å². The number of likely N-dealkylation sites (tertiary alicyclic amines) is 1. The van der Waals surface area contributed by atoms with Crippen molar-refractivity contribution in [1.29, 1.82) is 0 Å². The molecule has 1 aromatic carbocycles. The number of nitrogens with one attached hydrogen (secondary N) is 1. The Morgan fingerprint density at radius 1 is 1.32 bits per heavy atom. The van der Waals surface area contributed by atoms with E-state index >= 15 is 0 Å². The molecule has 3 rings (SSSR count). The number of hydrogen-bond donors (Lipinski definition) is 1. The highest BCUT2D eigenvalue weighted by Crippen LogP contribution is 2.24. The van der Waals surface area contributed by atoms with Crippen molar-refractivity contribution in [3.63, 3.8) is 0 Å². The molecule has 0 atom stereocenters. The van der Waals surface area contributed by atoms with Crippen molar-refractivity contribution in [2.75, 3.05) is 31.1 Å². The molecule has 1 fully saturated rings. The molecule has 2 heterocycles. The highest BCUT2D eigenvalue weighted by atomic mass is 32.2. The van der Waals surface area contributed by atoms with E-state index in [9.17, 15) is 17.6 Å². The summed E-state index contributed by atoms with van der Waals surface area (Å²) in [6.45, 7) is 2.04. The van der Waals surface area contributed by atoms with Gasteiger partial charge in [0.05, 0.1) is 24.8 Å². The first kappa shape index (κ1) is 20.3. The number of carbonyl (C=O) groups is 1. The molecule has 0 radical (unpaired) electrons. The van der Waals surface area contributed by atoms with Gasteiger partial charge in [-0.25, -0.2) is 12.8 Å². The molecule has 1 aliphatic rings. The van der Waals surface area contributed by atoms with Crippen LogP contribution in [0.2, 0.25) is 0 Å². The lowest BCUT2D eigenvalue weighted by Crippen LogP contribution is -2.46. The van der Waals surface area contributed by atoms with E-state index in [1.54, 1.807) is 23.3 Å². The van der Waals surface area contributed by atoms with Crippen molar-refractivity contribution in [2.24, 2.45) is 0 Å². The first-order valence-electron chi connectivity index (χ1n) is 9.02. The molecule has 1 aromatic heterocycles. The fraction of sp³-hybridized carbons (Fsp3) is 0.421. The first-order chi connectivity index (χ1) is 13.2. The molecule has 1 aliphatic heterocycles. The molecule has 9 heteroatoms. The third kappa shape index (κ3) is 5.11. The van der Waals surface area contributed by atoms with Gasteiger partial charge in [0.1, 0.15) is 11.6 Å². The Bertz CT molecular complexity index is 923. The monoisotopic (exact) mass is 409 g/mol. The molecule has 1 N–H and O–H groups in total. The number of hydrogen-bond acceptors (Lipinski definition) is 5. The number of halogens is 1. The van der Waals surface area contributed by atoms with Crippen molar-refractivity contribution < 1.29 is 22.0 Å². The van der Waals surface area contributed by atoms with Crippen LogP contribution in [0.25, 0.3) is 0 Å². The third-order valence-corrected chi connectivity index (χ3v) is 5.40. The molecular weight excluding hydrogens is 385 g/mol. The van der Waals surface area contributed by atoms with Crippen LogP contribution in [0.3, 0.4) is 0 Å². The predicted octanol–water partition coefficient (Wildman–Crippen LogP) is 2.53. The van der Waals surface area contributed by atoms with Crippen LogP contribution in [0.15, 0.2) is 41.0 Å². The summed E-state index contributed by atoms with van der Waals surface area (Å²) in [5, 5.41) is 0. The summed E-state index contributed by atoms with van der Waals surface area (Å²) in [6.07, 6.45) is 4.12. The van der Waals surface area contributed by atoms with Gasteiger partial charge >= 0.3 is 0 Å². The summed E-state index contributed by atoms with van der Waals surface area (Å²) in [6, 6.07) is 7.29. The molecule has 2 aromatic rings. The zero-order valence-electron chi connectivity index (χ0n) is 15.9. The van der Waals surface area contributed by atoms with Gasteiger partial charge in [-0.1, -0.05) is 0 Å². The van der Waals surface area contributed by atoms with Crippen molar-refractivity contribution in [2.45, 2.75) is 25.4 Å². The number of rotatable bonds is 6. The van der Waals surface area contributed by atoms with E-state index in [2.05, 4.69) is 9.62 Å². The second-order valence-electron chi connectivity index (χ2n) is 7.12. The molecule has 1 amide bonds. The van der Waals surface area contributed by atoms with Gasteiger partial charge in [0, 0.05) is 11.6 Å². The SMILES string of the molecule is CN1CCC(N(Cc2ccco2)C(=O)c2ccc(F)c(NS(C)(=O)=O)c2)CC1. The molecule has 0 bridgehead atoms. The average Bonchev–Trinajstić information content (AvgIpc) is 3.14. The number of carbonyl (C=O) groups excluding carboxylic acids is 1. The molecule has 0 spiro atoms. The van der Waals surface area contributed by atoms with E-state index < -0.39 is 15.8 Å². The van der Waals surface area contributed by atoms with Gasteiger partial charge in [0.25, 0.3) is 5.91 Å². The highest BCUT2D eigenvalue weighted by Gasteiger charge is 2.29. The minimum atomic E-state index is -3.67. The van der Waals surface area contributed by atoms with Crippen molar-refractivity contribution in [3.8, 4) is 0 Å². The summed E-state index contributed by atoms with van der Waals surface area (Å²) in [5.41, 5.74) is -0.0206. The summed E-state index contributed by atoms with van der Waals surface area (Å²) >= 11 is 0. The topological polar surface area (TPSA) is 82.9 Å². The van der Waals surface area contributed by atoms with E-state index in [1.807, 2.05) is 7.05 Å². The lowest BCUT2D eigenvalue weighted by Gasteiger charge is -2.37. The number of sulfonamides is 1. The number of benzene rings is 1. The van der Waals surface area contributed by atoms with Gasteiger partial charge < -0.3 is 14.2 Å². The number of amides is 1. The summed E-state index contributed by atoms with van der Waals surface area (Å²) in [7, 11) is -1.63. The van der Waals surface area contributed by atoms with Crippen molar-refractivity contribution in [1.82, 2.24) is 9.80 Å². The Balaban J connectivity index is 1.89. The number of furan rings is 1. The molecule has 28 heavy (non-hydrogen) atoms. The predicted molar refractivity (Wildman–Crippen MR) is 104 cm³/mol. The number of piperidine rings is 1. The molecular formula is C19H24FN3O4S. The maximum atomic E-state index is 14.0. The quantitative estimate of drug-likeness (QED) is 0.793. The Hall–Kier alpha value is -2.39. The number of anilines is 1. The van der Waals surface area contributed by atoms with Crippen LogP contribution in [0.5, 0.6) is 0 Å². The smallest absolute Gasteiger partial charge is 0.254 e. The van der Waals surface area contributed by atoms with Crippen LogP contribution >= 0.6 is 0 Å². The van der Waals surface area contributed by atoms with E-state index in [4.69, 9.17) is 4.42 Å². The zero-order chi connectivity index (χ0) is 20.3. The van der Waals surface area contributed by atoms with E-state index in [0.717, 1.165) is 38.3 Å². The van der Waals surface area contributed by atoms with Gasteiger partial charge in [-0.2, -0.15) is 0 Å². The molecule has 7 nitrogen and oxygen atoms in total. The Labute approximate surface area is 164 Å². The van der Waals surface area contributed by atoms with E-state index in [-0.39, 0.29) is 23.2 Å². The molecule has 152 valence electrons. The first-order valence-corrected chi connectivity index (χ1v) is 10.9. The van der Waals surface area contributed by atoms with Gasteiger partial charge in [-0.3, -0.25) is 9.52 Å². The number of nitrogens with zero attached hydrogens (tertiary/aromatic N) is 2. The van der Waals surface area contributed by atoms with Crippen molar-refractivity contribution in [3.05, 3.63) is 53.7 Å². The Morgan fingerprint density at radius 2 is 2.04 bits per heavy atom. The van der Waals surface area contributed by atoms with Crippen LogP contribution in [0.1, 0.15) is 29.0 Å². The molecule has 0 aliphatic carbocycles. The fourth-order valence-corrected chi connectivity index (χ4v) is 3.90. The van der Waals surface area contributed by atoms with Crippen molar-refractivity contribution >= 4 is 21.6 Å². The van der Waals surface area contributed by atoms with Gasteiger partial charge in [-0.05, 0) is 63.3 Å². The van der Waals surface area contributed by atoms with E-state index in [0.29, 0.717) is 12.3 Å². The second-order valence-corrected chi connectivity index (χ2v) is 8.86. The normalized spacial score (nSPS) is 16.1. The fourth-order valence-electron chi connectivity index (χ4n) is 3.35. The average molecular weight is 409 g/mol. The highest BCUT2D eigenvalue weighted by molar-refractivity contribution is 7.92. The zero-order valence-corrected chi connectivity index (χ0v) is 16.7. The van der Waals surface area contributed by atoms with Crippen LogP contribution in [-0.4, -0.2) is 56.6 Å². The Morgan fingerprint density at radius 3 is 2.64 bits per heavy atom. The van der Waals surface area contributed by atoms with Crippen LogP contribution in [0.4, 0.5) is 10.1 Å². The largest absolute Gasteiger partial charge is 0.467 e. The van der Waals surface area contributed by atoms with Gasteiger partial charge in [-0.15, -0.1) is 0 Å². The maximum Gasteiger partial charge on any atom is 0.254 e. The standard InChI is InChI=1S/C19H24FN3O4S/c1-22-9-7-15(8-10-22)23(13-16-4-3-11-27-16)19(24)14-5-6-17(20)18(12-14)21-28(2,25)26/h3-6,11-12,15,21H,7-10,13H2,1-2H3. The van der Waals surface area contributed by atoms with Crippen LogP contribution < -0.4 is 4.72 Å². The molecule has 1 saturated heterocycles. The second kappa shape index (κ2) is 8.32. The lowest BCUT2D eigenvalue weighted by molar-refractivity contribution is 0.0550. The molecule has 0 saturated carbocycles. The third-order valence-electron chi connectivity index (χ3n) is 4.80.